The van der Waals surface area contributed by atoms with Crippen molar-refractivity contribution in [3.63, 3.8) is 0 Å². The van der Waals surface area contributed by atoms with Crippen molar-refractivity contribution in [2.45, 2.75) is 0 Å². The second kappa shape index (κ2) is 4.83. The summed E-state index contributed by atoms with van der Waals surface area (Å²) in [6.07, 6.45) is 0. The number of methoxy groups -OCH3 is 1. The van der Waals surface area contributed by atoms with E-state index >= 15 is 0 Å². The summed E-state index contributed by atoms with van der Waals surface area (Å²) in [6, 6.07) is 8.22. The van der Waals surface area contributed by atoms with E-state index < -0.39 is 11.5 Å². The molecule has 0 spiro atoms. The van der Waals surface area contributed by atoms with E-state index in [2.05, 4.69) is 9.72 Å². The molecule has 1 heterocycles. The molecule has 0 aliphatic rings. The van der Waals surface area contributed by atoms with Gasteiger partial charge in [-0.3, -0.25) is 4.79 Å². The van der Waals surface area contributed by atoms with E-state index in [1.165, 1.54) is 37.4 Å². The zero-order chi connectivity index (χ0) is 13.1. The number of esters is 1. The first-order chi connectivity index (χ1) is 8.60. The Morgan fingerprint density at radius 2 is 1.89 bits per heavy atom. The summed E-state index contributed by atoms with van der Waals surface area (Å²) in [5, 5.41) is 0. The number of carbonyl (C=O) groups excluding carboxylic acids is 1. The second-order valence-corrected chi connectivity index (χ2v) is 3.65. The lowest BCUT2D eigenvalue weighted by molar-refractivity contribution is 0.0600. The number of hydrogen-bond donors (Lipinski definition) is 1. The van der Waals surface area contributed by atoms with Crippen LogP contribution < -0.4 is 5.56 Å². The van der Waals surface area contributed by atoms with Crippen LogP contribution in [0.5, 0.6) is 0 Å². The van der Waals surface area contributed by atoms with Gasteiger partial charge >= 0.3 is 5.97 Å². The van der Waals surface area contributed by atoms with Gasteiger partial charge in [0, 0.05) is 11.8 Å². The highest BCUT2D eigenvalue weighted by Gasteiger charge is 2.09. The summed E-state index contributed by atoms with van der Waals surface area (Å²) in [5.41, 5.74) is 0.778. The molecule has 0 amide bonds. The Kier molecular flexibility index (Phi) is 3.23. The Morgan fingerprint density at radius 1 is 1.22 bits per heavy atom. The summed E-state index contributed by atoms with van der Waals surface area (Å²) in [4.78, 5) is 25.4. The number of pyridine rings is 1. The normalized spacial score (nSPS) is 10.1. The van der Waals surface area contributed by atoms with Gasteiger partial charge in [-0.1, -0.05) is 0 Å². The van der Waals surface area contributed by atoms with E-state index in [1.54, 1.807) is 0 Å². The molecule has 2 rings (SSSR count). The number of halogens is 1. The minimum Gasteiger partial charge on any atom is -0.465 e. The molecule has 0 aliphatic heterocycles. The van der Waals surface area contributed by atoms with Crippen LogP contribution in [-0.4, -0.2) is 18.1 Å². The van der Waals surface area contributed by atoms with E-state index in [1.807, 2.05) is 0 Å². The first-order valence-electron chi connectivity index (χ1n) is 5.19. The van der Waals surface area contributed by atoms with Gasteiger partial charge in [-0.25, -0.2) is 9.18 Å². The maximum atomic E-state index is 12.8. The lowest BCUT2D eigenvalue weighted by atomic mass is 10.1. The number of aromatic nitrogens is 1. The van der Waals surface area contributed by atoms with Gasteiger partial charge < -0.3 is 9.72 Å². The van der Waals surface area contributed by atoms with Crippen molar-refractivity contribution in [2.24, 2.45) is 0 Å². The summed E-state index contributed by atoms with van der Waals surface area (Å²) >= 11 is 0. The third kappa shape index (κ3) is 2.45. The number of benzene rings is 1. The quantitative estimate of drug-likeness (QED) is 0.825. The van der Waals surface area contributed by atoms with Gasteiger partial charge in [-0.2, -0.15) is 0 Å². The number of nitrogens with one attached hydrogen (secondary N) is 1. The molecule has 18 heavy (non-hydrogen) atoms. The smallest absolute Gasteiger partial charge is 0.338 e. The maximum absolute atomic E-state index is 12.8. The maximum Gasteiger partial charge on any atom is 0.338 e. The number of aromatic amines is 1. The predicted octanol–water partition coefficient (Wildman–Crippen LogP) is 1.97. The van der Waals surface area contributed by atoms with Gasteiger partial charge in [-0.15, -0.1) is 0 Å². The Morgan fingerprint density at radius 3 is 2.50 bits per heavy atom. The molecule has 1 aromatic carbocycles. The van der Waals surface area contributed by atoms with Gasteiger partial charge in [0.25, 0.3) is 0 Å². The van der Waals surface area contributed by atoms with Crippen LogP contribution in [0.15, 0.2) is 41.2 Å². The lowest BCUT2D eigenvalue weighted by Gasteiger charge is -2.04. The molecule has 0 radical (unpaired) electrons. The Balaban J connectivity index is 2.51. The molecule has 0 saturated heterocycles. The molecule has 92 valence electrons. The van der Waals surface area contributed by atoms with Crippen LogP contribution in [0, 0.1) is 5.82 Å². The van der Waals surface area contributed by atoms with Crippen LogP contribution >= 0.6 is 0 Å². The standard InChI is InChI=1S/C13H10FNO3/c1-18-13(17)9-6-11(15-12(16)7-9)8-2-4-10(14)5-3-8/h2-7H,1H3,(H,15,16). The SMILES string of the molecule is COC(=O)c1cc(-c2ccc(F)cc2)[nH]c(=O)c1. The minimum atomic E-state index is -0.593. The fourth-order valence-electron chi connectivity index (χ4n) is 1.56. The van der Waals surface area contributed by atoms with Crippen molar-refractivity contribution in [3.8, 4) is 11.3 Å². The molecule has 0 fully saturated rings. The molecular formula is C13H10FNO3. The van der Waals surface area contributed by atoms with Gasteiger partial charge in [0.1, 0.15) is 5.82 Å². The molecule has 1 aromatic heterocycles. The third-order valence-corrected chi connectivity index (χ3v) is 2.42. The molecule has 1 N–H and O–H groups in total. The Labute approximate surface area is 102 Å². The molecule has 0 atom stereocenters. The van der Waals surface area contributed by atoms with E-state index in [4.69, 9.17) is 0 Å². The lowest BCUT2D eigenvalue weighted by Crippen LogP contribution is -2.11. The predicted molar refractivity (Wildman–Crippen MR) is 63.8 cm³/mol. The molecular weight excluding hydrogens is 237 g/mol. The third-order valence-electron chi connectivity index (χ3n) is 2.42. The van der Waals surface area contributed by atoms with Gasteiger partial charge in [0.05, 0.1) is 12.7 Å². The molecule has 0 aliphatic carbocycles. The van der Waals surface area contributed by atoms with Crippen LogP contribution in [0.1, 0.15) is 10.4 Å². The Bertz CT molecular complexity index is 631. The zero-order valence-electron chi connectivity index (χ0n) is 9.57. The number of rotatable bonds is 2. The topological polar surface area (TPSA) is 59.2 Å². The highest BCUT2D eigenvalue weighted by molar-refractivity contribution is 5.90. The molecule has 4 nitrogen and oxygen atoms in total. The highest BCUT2D eigenvalue weighted by atomic mass is 19.1. The number of carbonyl (C=O) groups is 1. The molecule has 2 aromatic rings. The van der Waals surface area contributed by atoms with Crippen molar-refractivity contribution in [1.29, 1.82) is 0 Å². The van der Waals surface area contributed by atoms with Crippen molar-refractivity contribution in [2.75, 3.05) is 7.11 Å². The van der Waals surface area contributed by atoms with Crippen LogP contribution in [0.3, 0.4) is 0 Å². The molecule has 0 unspecified atom stereocenters. The van der Waals surface area contributed by atoms with Crippen molar-refractivity contribution in [1.82, 2.24) is 4.98 Å². The fourth-order valence-corrected chi connectivity index (χ4v) is 1.56. The summed E-state index contributed by atoms with van der Waals surface area (Å²) in [7, 11) is 1.24. The summed E-state index contributed by atoms with van der Waals surface area (Å²) in [6.45, 7) is 0. The molecule has 5 heteroatoms. The summed E-state index contributed by atoms with van der Waals surface area (Å²) < 4.78 is 17.3. The van der Waals surface area contributed by atoms with Gasteiger partial charge in [0.15, 0.2) is 0 Å². The highest BCUT2D eigenvalue weighted by Crippen LogP contribution is 2.17. The number of hydrogen-bond acceptors (Lipinski definition) is 3. The largest absolute Gasteiger partial charge is 0.465 e. The van der Waals surface area contributed by atoms with Crippen LogP contribution in [-0.2, 0) is 4.74 Å². The van der Waals surface area contributed by atoms with Crippen molar-refractivity contribution < 1.29 is 13.9 Å². The minimum absolute atomic E-state index is 0.153. The number of H-pyrrole nitrogens is 1. The fraction of sp³-hybridized carbons (Fsp3) is 0.0769. The first kappa shape index (κ1) is 12.0. The van der Waals surface area contributed by atoms with Crippen LogP contribution in [0.2, 0.25) is 0 Å². The van der Waals surface area contributed by atoms with Gasteiger partial charge in [0.2, 0.25) is 5.56 Å². The van der Waals surface area contributed by atoms with Crippen molar-refractivity contribution >= 4 is 5.97 Å². The second-order valence-electron chi connectivity index (χ2n) is 3.65. The average Bonchev–Trinajstić information content (AvgIpc) is 2.38. The zero-order valence-corrected chi connectivity index (χ0v) is 9.57. The Hall–Kier alpha value is -2.43. The van der Waals surface area contributed by atoms with Crippen LogP contribution in [0.25, 0.3) is 11.3 Å². The van der Waals surface area contributed by atoms with E-state index in [9.17, 15) is 14.0 Å². The van der Waals surface area contributed by atoms with Crippen molar-refractivity contribution in [3.05, 3.63) is 58.1 Å². The van der Waals surface area contributed by atoms with E-state index in [-0.39, 0.29) is 11.4 Å². The molecule has 0 saturated carbocycles. The summed E-state index contributed by atoms with van der Waals surface area (Å²) in [5.74, 6) is -0.963. The van der Waals surface area contributed by atoms with E-state index in [0.29, 0.717) is 11.3 Å². The van der Waals surface area contributed by atoms with E-state index in [0.717, 1.165) is 6.07 Å². The average molecular weight is 247 g/mol. The first-order valence-corrected chi connectivity index (χ1v) is 5.19. The monoisotopic (exact) mass is 247 g/mol. The van der Waals surface area contributed by atoms with Gasteiger partial charge in [-0.05, 0) is 35.9 Å². The molecule has 0 bridgehead atoms. The van der Waals surface area contributed by atoms with Crippen LogP contribution in [0.4, 0.5) is 4.39 Å². The number of ether oxygens (including phenoxy) is 1.